The second-order valence-electron chi connectivity index (χ2n) is 6.18. The number of benzene rings is 1. The molecule has 0 bridgehead atoms. The van der Waals surface area contributed by atoms with E-state index >= 15 is 0 Å². The van der Waals surface area contributed by atoms with Crippen LogP contribution in [-0.2, 0) is 12.8 Å². The number of nitrogens with one attached hydrogen (secondary N) is 2. The Bertz CT molecular complexity index is 739. The highest BCUT2D eigenvalue weighted by atomic mass is 35.5. The summed E-state index contributed by atoms with van der Waals surface area (Å²) >= 11 is 5.85. The van der Waals surface area contributed by atoms with Crippen molar-refractivity contribution in [1.82, 2.24) is 15.3 Å². The molecule has 0 aliphatic rings. The maximum atomic E-state index is 12.1. The smallest absolute Gasteiger partial charge is 0.345 e. The summed E-state index contributed by atoms with van der Waals surface area (Å²) in [7, 11) is 0. The third-order valence-electron chi connectivity index (χ3n) is 3.50. The Labute approximate surface area is 146 Å². The van der Waals surface area contributed by atoms with E-state index in [1.165, 1.54) is 5.56 Å². The van der Waals surface area contributed by atoms with Crippen molar-refractivity contribution in [2.45, 2.75) is 33.1 Å². The number of carbonyl (C=O) groups excluding carboxylic acids is 1. The van der Waals surface area contributed by atoms with Gasteiger partial charge in [0, 0.05) is 17.3 Å². The molecule has 0 saturated carbocycles. The van der Waals surface area contributed by atoms with E-state index < -0.39 is 5.69 Å². The molecular formula is C18H22ClN3O2. The number of aromatic nitrogens is 2. The van der Waals surface area contributed by atoms with Gasteiger partial charge in [-0.25, -0.2) is 4.79 Å². The molecule has 0 unspecified atom stereocenters. The zero-order valence-corrected chi connectivity index (χ0v) is 14.7. The van der Waals surface area contributed by atoms with Crippen LogP contribution in [0.5, 0.6) is 0 Å². The van der Waals surface area contributed by atoms with Gasteiger partial charge in [-0.1, -0.05) is 37.6 Å². The summed E-state index contributed by atoms with van der Waals surface area (Å²) in [4.78, 5) is 30.1. The molecule has 2 N–H and O–H groups in total. The average Bonchev–Trinajstić information content (AvgIpc) is 2.51. The molecule has 2 aromatic rings. The molecule has 0 spiro atoms. The van der Waals surface area contributed by atoms with Gasteiger partial charge in [0.05, 0.1) is 0 Å². The second kappa shape index (κ2) is 8.64. The van der Waals surface area contributed by atoms with Gasteiger partial charge in [0.25, 0.3) is 5.91 Å². The molecule has 0 saturated heterocycles. The summed E-state index contributed by atoms with van der Waals surface area (Å²) in [6.07, 6.45) is 2.35. The van der Waals surface area contributed by atoms with Crippen LogP contribution in [0.15, 0.2) is 35.1 Å². The Kier molecular flexibility index (Phi) is 6.55. The van der Waals surface area contributed by atoms with Gasteiger partial charge < -0.3 is 10.3 Å². The molecule has 2 rings (SSSR count). The fourth-order valence-corrected chi connectivity index (χ4v) is 2.54. The first-order chi connectivity index (χ1) is 11.4. The van der Waals surface area contributed by atoms with Gasteiger partial charge in [0.15, 0.2) is 0 Å². The lowest BCUT2D eigenvalue weighted by Crippen LogP contribution is -2.29. The van der Waals surface area contributed by atoms with Crippen molar-refractivity contribution >= 4 is 17.5 Å². The van der Waals surface area contributed by atoms with Crippen LogP contribution in [-0.4, -0.2) is 22.4 Å². The minimum Gasteiger partial charge on any atom is -0.351 e. The highest BCUT2D eigenvalue weighted by Crippen LogP contribution is 2.10. The predicted molar refractivity (Wildman–Crippen MR) is 95.5 cm³/mol. The van der Waals surface area contributed by atoms with E-state index in [1.54, 1.807) is 6.07 Å². The van der Waals surface area contributed by atoms with Crippen LogP contribution in [0, 0.1) is 5.92 Å². The molecule has 1 amide bonds. The van der Waals surface area contributed by atoms with Gasteiger partial charge in [-0.2, -0.15) is 4.98 Å². The average molecular weight is 348 g/mol. The number of halogens is 1. The lowest BCUT2D eigenvalue weighted by atomic mass is 10.1. The first kappa shape index (κ1) is 18.2. The van der Waals surface area contributed by atoms with Gasteiger partial charge in [0.1, 0.15) is 5.69 Å². The van der Waals surface area contributed by atoms with E-state index in [0.29, 0.717) is 23.9 Å². The SMILES string of the molecule is CC(C)Cc1cc(C(=O)NCCCc2ccc(Cl)cc2)nc(=O)[nH]1. The third-order valence-corrected chi connectivity index (χ3v) is 3.75. The highest BCUT2D eigenvalue weighted by molar-refractivity contribution is 6.30. The molecule has 6 heteroatoms. The molecule has 1 aromatic heterocycles. The highest BCUT2D eigenvalue weighted by Gasteiger charge is 2.10. The van der Waals surface area contributed by atoms with Crippen LogP contribution in [0.25, 0.3) is 0 Å². The molecule has 0 radical (unpaired) electrons. The summed E-state index contributed by atoms with van der Waals surface area (Å²) in [5, 5.41) is 3.52. The maximum absolute atomic E-state index is 12.1. The molecule has 128 valence electrons. The fourth-order valence-electron chi connectivity index (χ4n) is 2.41. The quantitative estimate of drug-likeness (QED) is 0.756. The van der Waals surface area contributed by atoms with E-state index in [2.05, 4.69) is 29.1 Å². The molecule has 1 aromatic carbocycles. The third kappa shape index (κ3) is 5.81. The van der Waals surface area contributed by atoms with Crippen LogP contribution in [0.2, 0.25) is 5.02 Å². The van der Waals surface area contributed by atoms with Crippen LogP contribution >= 0.6 is 11.6 Å². The zero-order chi connectivity index (χ0) is 17.5. The number of aromatic amines is 1. The molecule has 0 aliphatic carbocycles. The Morgan fingerprint density at radius 2 is 2.00 bits per heavy atom. The molecule has 0 aliphatic heterocycles. The van der Waals surface area contributed by atoms with Gasteiger partial charge in [0.2, 0.25) is 0 Å². The van der Waals surface area contributed by atoms with E-state index in [4.69, 9.17) is 11.6 Å². The van der Waals surface area contributed by atoms with Crippen molar-refractivity contribution in [2.75, 3.05) is 6.54 Å². The summed E-state index contributed by atoms with van der Waals surface area (Å²) < 4.78 is 0. The van der Waals surface area contributed by atoms with E-state index in [1.807, 2.05) is 24.3 Å². The monoisotopic (exact) mass is 347 g/mol. The topological polar surface area (TPSA) is 74.8 Å². The minimum absolute atomic E-state index is 0.167. The summed E-state index contributed by atoms with van der Waals surface area (Å²) in [6, 6.07) is 9.30. The number of nitrogens with zero attached hydrogens (tertiary/aromatic N) is 1. The van der Waals surface area contributed by atoms with Crippen molar-refractivity contribution in [2.24, 2.45) is 5.92 Å². The van der Waals surface area contributed by atoms with E-state index in [-0.39, 0.29) is 11.6 Å². The number of rotatable bonds is 7. The number of carbonyl (C=O) groups is 1. The number of amides is 1. The summed E-state index contributed by atoms with van der Waals surface area (Å²) in [5.41, 5.74) is 1.58. The van der Waals surface area contributed by atoms with Gasteiger partial charge in [-0.3, -0.25) is 4.79 Å². The minimum atomic E-state index is -0.487. The molecule has 5 nitrogen and oxygen atoms in total. The Hall–Kier alpha value is -2.14. The van der Waals surface area contributed by atoms with Crippen LogP contribution in [0.4, 0.5) is 0 Å². The largest absolute Gasteiger partial charge is 0.351 e. The van der Waals surface area contributed by atoms with Crippen molar-refractivity contribution in [1.29, 1.82) is 0 Å². The zero-order valence-electron chi connectivity index (χ0n) is 13.9. The normalized spacial score (nSPS) is 10.8. The number of hydrogen-bond donors (Lipinski definition) is 2. The molecule has 1 heterocycles. The lowest BCUT2D eigenvalue weighted by molar-refractivity contribution is 0.0947. The van der Waals surface area contributed by atoms with E-state index in [0.717, 1.165) is 18.5 Å². The van der Waals surface area contributed by atoms with Crippen molar-refractivity contribution in [3.8, 4) is 0 Å². The maximum Gasteiger partial charge on any atom is 0.345 e. The number of aryl methyl sites for hydroxylation is 1. The summed E-state index contributed by atoms with van der Waals surface area (Å²) in [6.45, 7) is 4.62. The van der Waals surface area contributed by atoms with Crippen molar-refractivity contribution in [3.05, 3.63) is 62.8 Å². The van der Waals surface area contributed by atoms with Gasteiger partial charge in [-0.05, 0) is 48.9 Å². The first-order valence-corrected chi connectivity index (χ1v) is 8.44. The molecule has 24 heavy (non-hydrogen) atoms. The Balaban J connectivity index is 1.87. The van der Waals surface area contributed by atoms with Gasteiger partial charge in [-0.15, -0.1) is 0 Å². The van der Waals surface area contributed by atoms with Crippen LogP contribution in [0.1, 0.15) is 42.0 Å². The number of hydrogen-bond acceptors (Lipinski definition) is 3. The first-order valence-electron chi connectivity index (χ1n) is 8.07. The van der Waals surface area contributed by atoms with Crippen LogP contribution < -0.4 is 11.0 Å². The number of H-pyrrole nitrogens is 1. The molecular weight excluding hydrogens is 326 g/mol. The Morgan fingerprint density at radius 1 is 1.29 bits per heavy atom. The lowest BCUT2D eigenvalue weighted by Gasteiger charge is -2.08. The van der Waals surface area contributed by atoms with E-state index in [9.17, 15) is 9.59 Å². The predicted octanol–water partition coefficient (Wildman–Crippen LogP) is 2.98. The standard InChI is InChI=1S/C18H22ClN3O2/c1-12(2)10-15-11-16(22-18(24)21-15)17(23)20-9-3-4-13-5-7-14(19)8-6-13/h5-8,11-12H,3-4,9-10H2,1-2H3,(H,20,23)(H,21,22,24). The Morgan fingerprint density at radius 3 is 2.67 bits per heavy atom. The van der Waals surface area contributed by atoms with Gasteiger partial charge >= 0.3 is 5.69 Å². The fraction of sp³-hybridized carbons (Fsp3) is 0.389. The van der Waals surface area contributed by atoms with Crippen LogP contribution in [0.3, 0.4) is 0 Å². The molecule has 0 atom stereocenters. The molecule has 0 fully saturated rings. The van der Waals surface area contributed by atoms with Crippen molar-refractivity contribution in [3.63, 3.8) is 0 Å². The summed E-state index contributed by atoms with van der Waals surface area (Å²) in [5.74, 6) is 0.0700. The second-order valence-corrected chi connectivity index (χ2v) is 6.62. The van der Waals surface area contributed by atoms with Crippen molar-refractivity contribution < 1.29 is 4.79 Å².